The number of aryl methyl sites for hydroxylation is 1. The zero-order chi connectivity index (χ0) is 23.9. The average molecular weight is 466 g/mol. The van der Waals surface area contributed by atoms with E-state index in [-0.39, 0.29) is 17.4 Å². The minimum atomic E-state index is -0.623. The predicted molar refractivity (Wildman–Crippen MR) is 130 cm³/mol. The van der Waals surface area contributed by atoms with Crippen LogP contribution in [-0.2, 0) is 24.1 Å². The molecular formula is C28H33F2N3O. The summed E-state index contributed by atoms with van der Waals surface area (Å²) in [5.74, 6) is -0.653. The monoisotopic (exact) mass is 465 g/mol. The summed E-state index contributed by atoms with van der Waals surface area (Å²) >= 11 is 0. The fourth-order valence-electron chi connectivity index (χ4n) is 4.51. The average Bonchev–Trinajstić information content (AvgIpc) is 2.81. The Morgan fingerprint density at radius 1 is 1.03 bits per heavy atom. The lowest BCUT2D eigenvalue weighted by Gasteiger charge is -2.33. The molecule has 34 heavy (non-hydrogen) atoms. The first kappa shape index (κ1) is 24.4. The lowest BCUT2D eigenvalue weighted by molar-refractivity contribution is -0.0310. The van der Waals surface area contributed by atoms with Crippen LogP contribution in [0, 0.1) is 17.6 Å². The van der Waals surface area contributed by atoms with Crippen molar-refractivity contribution in [2.75, 3.05) is 19.7 Å². The number of hydrogen-bond donors (Lipinski definition) is 0. The van der Waals surface area contributed by atoms with Crippen LogP contribution in [0.1, 0.15) is 43.5 Å². The summed E-state index contributed by atoms with van der Waals surface area (Å²) in [7, 11) is 0. The standard InChI is InChI=1S/C28H33F2N3O/c1-20(2)8-6-11-22-16-27(28-24(29)12-7-13-25(28)30)32-31-26(22)17-23-19-33(14-15-34-23)18-21-9-4-3-5-10-21/h3-5,7,9-10,12-13,16,20,23H,6,8,11,14-15,17-19H2,1-2H3. The number of ether oxygens (including phenoxy) is 1. The number of benzene rings is 2. The molecule has 0 aliphatic carbocycles. The van der Waals surface area contributed by atoms with Gasteiger partial charge in [0.15, 0.2) is 0 Å². The Balaban J connectivity index is 1.52. The maximum Gasteiger partial charge on any atom is 0.135 e. The van der Waals surface area contributed by atoms with Gasteiger partial charge < -0.3 is 4.74 Å². The van der Waals surface area contributed by atoms with Crippen LogP contribution < -0.4 is 0 Å². The van der Waals surface area contributed by atoms with E-state index in [4.69, 9.17) is 4.74 Å². The van der Waals surface area contributed by atoms with Gasteiger partial charge >= 0.3 is 0 Å². The molecule has 180 valence electrons. The van der Waals surface area contributed by atoms with E-state index in [0.717, 1.165) is 50.2 Å². The molecule has 2 aromatic carbocycles. The Labute approximate surface area is 201 Å². The van der Waals surface area contributed by atoms with Crippen LogP contribution in [0.25, 0.3) is 11.3 Å². The van der Waals surface area contributed by atoms with Gasteiger partial charge in [0.05, 0.1) is 29.7 Å². The Morgan fingerprint density at radius 3 is 2.53 bits per heavy atom. The third kappa shape index (κ3) is 6.45. The summed E-state index contributed by atoms with van der Waals surface area (Å²) in [6.45, 7) is 7.66. The molecule has 1 atom stereocenters. The smallest absolute Gasteiger partial charge is 0.135 e. The minimum Gasteiger partial charge on any atom is -0.375 e. The van der Waals surface area contributed by atoms with E-state index in [2.05, 4.69) is 53.2 Å². The van der Waals surface area contributed by atoms with Crippen molar-refractivity contribution in [2.45, 2.75) is 52.2 Å². The molecule has 1 unspecified atom stereocenters. The van der Waals surface area contributed by atoms with Crippen molar-refractivity contribution >= 4 is 0 Å². The highest BCUT2D eigenvalue weighted by molar-refractivity contribution is 5.61. The van der Waals surface area contributed by atoms with Gasteiger partial charge in [0.25, 0.3) is 0 Å². The Hall–Kier alpha value is -2.70. The number of morpholine rings is 1. The van der Waals surface area contributed by atoms with Crippen molar-refractivity contribution in [3.8, 4) is 11.3 Å². The van der Waals surface area contributed by atoms with Gasteiger partial charge in [-0.25, -0.2) is 8.78 Å². The largest absolute Gasteiger partial charge is 0.375 e. The first-order chi connectivity index (χ1) is 16.5. The maximum absolute atomic E-state index is 14.4. The van der Waals surface area contributed by atoms with E-state index in [0.29, 0.717) is 18.9 Å². The summed E-state index contributed by atoms with van der Waals surface area (Å²) in [5, 5.41) is 8.68. The molecule has 4 rings (SSSR count). The first-order valence-electron chi connectivity index (χ1n) is 12.2. The fraction of sp³-hybridized carbons (Fsp3) is 0.429. The van der Waals surface area contributed by atoms with E-state index in [1.54, 1.807) is 0 Å². The lowest BCUT2D eigenvalue weighted by Crippen LogP contribution is -2.43. The van der Waals surface area contributed by atoms with Crippen molar-refractivity contribution < 1.29 is 13.5 Å². The van der Waals surface area contributed by atoms with Gasteiger partial charge in [-0.05, 0) is 48.1 Å². The first-order valence-corrected chi connectivity index (χ1v) is 12.2. The SMILES string of the molecule is CC(C)CCCc1cc(-c2c(F)cccc2F)nnc1CC1CN(Cc2ccccc2)CCO1. The molecule has 0 amide bonds. The van der Waals surface area contributed by atoms with Crippen LogP contribution in [-0.4, -0.2) is 40.9 Å². The van der Waals surface area contributed by atoms with Crippen LogP contribution in [0.15, 0.2) is 54.6 Å². The summed E-state index contributed by atoms with van der Waals surface area (Å²) in [6.07, 6.45) is 3.51. The van der Waals surface area contributed by atoms with Gasteiger partial charge in [-0.15, -0.1) is 0 Å². The van der Waals surface area contributed by atoms with Crippen LogP contribution in [0.2, 0.25) is 0 Å². The quantitative estimate of drug-likeness (QED) is 0.398. The third-order valence-electron chi connectivity index (χ3n) is 6.30. The van der Waals surface area contributed by atoms with Crippen molar-refractivity contribution in [1.82, 2.24) is 15.1 Å². The van der Waals surface area contributed by atoms with Crippen LogP contribution >= 0.6 is 0 Å². The fourth-order valence-corrected chi connectivity index (χ4v) is 4.51. The lowest BCUT2D eigenvalue weighted by atomic mass is 9.97. The van der Waals surface area contributed by atoms with Crippen LogP contribution in [0.4, 0.5) is 8.78 Å². The number of rotatable bonds is 9. The summed E-state index contributed by atoms with van der Waals surface area (Å²) in [5.41, 5.74) is 3.27. The Morgan fingerprint density at radius 2 is 1.79 bits per heavy atom. The van der Waals surface area contributed by atoms with Crippen LogP contribution in [0.5, 0.6) is 0 Å². The highest BCUT2D eigenvalue weighted by Crippen LogP contribution is 2.27. The highest BCUT2D eigenvalue weighted by atomic mass is 19.1. The molecule has 1 aromatic heterocycles. The van der Waals surface area contributed by atoms with Crippen molar-refractivity contribution in [2.24, 2.45) is 5.92 Å². The van der Waals surface area contributed by atoms with Crippen LogP contribution in [0.3, 0.4) is 0 Å². The minimum absolute atomic E-state index is 0.00617. The molecule has 4 nitrogen and oxygen atoms in total. The summed E-state index contributed by atoms with van der Waals surface area (Å²) in [6, 6.07) is 16.1. The Kier molecular flexibility index (Phi) is 8.35. The van der Waals surface area contributed by atoms with E-state index in [1.807, 2.05) is 12.1 Å². The number of nitrogens with zero attached hydrogens (tertiary/aromatic N) is 3. The normalized spacial score (nSPS) is 16.8. The van der Waals surface area contributed by atoms with Gasteiger partial charge in [0.1, 0.15) is 11.6 Å². The molecule has 1 saturated heterocycles. The zero-order valence-electron chi connectivity index (χ0n) is 20.0. The number of halogens is 2. The molecule has 1 aliphatic heterocycles. The second-order valence-corrected chi connectivity index (χ2v) is 9.50. The predicted octanol–water partition coefficient (Wildman–Crippen LogP) is 5.84. The number of hydrogen-bond acceptors (Lipinski definition) is 4. The molecule has 0 bridgehead atoms. The molecule has 0 radical (unpaired) electrons. The van der Waals surface area contributed by atoms with E-state index in [9.17, 15) is 8.78 Å². The highest BCUT2D eigenvalue weighted by Gasteiger charge is 2.23. The third-order valence-corrected chi connectivity index (χ3v) is 6.30. The van der Waals surface area contributed by atoms with Crippen molar-refractivity contribution in [3.05, 3.63) is 83.1 Å². The van der Waals surface area contributed by atoms with Crippen molar-refractivity contribution in [3.63, 3.8) is 0 Å². The Bertz CT molecular complexity index is 1050. The maximum atomic E-state index is 14.4. The molecule has 3 aromatic rings. The molecule has 6 heteroatoms. The van der Waals surface area contributed by atoms with E-state index < -0.39 is 11.6 Å². The van der Waals surface area contributed by atoms with Gasteiger partial charge in [0, 0.05) is 26.1 Å². The molecule has 0 spiro atoms. The second kappa shape index (κ2) is 11.6. The van der Waals surface area contributed by atoms with Gasteiger partial charge in [-0.2, -0.15) is 10.2 Å². The van der Waals surface area contributed by atoms with Gasteiger partial charge in [-0.3, -0.25) is 4.90 Å². The summed E-state index contributed by atoms with van der Waals surface area (Å²) < 4.78 is 34.8. The van der Waals surface area contributed by atoms with Gasteiger partial charge in [-0.1, -0.05) is 56.7 Å². The van der Waals surface area contributed by atoms with E-state index >= 15 is 0 Å². The second-order valence-electron chi connectivity index (χ2n) is 9.50. The summed E-state index contributed by atoms with van der Waals surface area (Å²) in [4.78, 5) is 2.40. The molecule has 2 heterocycles. The molecule has 0 N–H and O–H groups in total. The van der Waals surface area contributed by atoms with Crippen molar-refractivity contribution in [1.29, 1.82) is 0 Å². The molecular weight excluding hydrogens is 432 g/mol. The number of aromatic nitrogens is 2. The zero-order valence-corrected chi connectivity index (χ0v) is 20.0. The topological polar surface area (TPSA) is 38.2 Å². The van der Waals surface area contributed by atoms with Gasteiger partial charge in [0.2, 0.25) is 0 Å². The van der Waals surface area contributed by atoms with E-state index in [1.165, 1.54) is 23.8 Å². The molecule has 1 fully saturated rings. The molecule has 0 saturated carbocycles. The molecule has 1 aliphatic rings.